The van der Waals surface area contributed by atoms with Crippen LogP contribution in [0.5, 0.6) is 5.75 Å². The highest BCUT2D eigenvalue weighted by Crippen LogP contribution is 2.26. The number of carbonyl (C=O) groups excluding carboxylic acids is 1. The first-order valence-electron chi connectivity index (χ1n) is 7.00. The summed E-state index contributed by atoms with van der Waals surface area (Å²) in [6.07, 6.45) is -5.15. The van der Waals surface area contributed by atoms with Gasteiger partial charge in [-0.2, -0.15) is 13.2 Å². The molecule has 1 aliphatic rings. The molecule has 0 saturated carbocycles. The van der Waals surface area contributed by atoms with Crippen molar-refractivity contribution >= 4 is 5.91 Å². The number of nitrogens with zero attached hydrogens (tertiary/aromatic N) is 2. The molecule has 0 aliphatic carbocycles. The van der Waals surface area contributed by atoms with E-state index in [9.17, 15) is 26.7 Å². The Labute approximate surface area is 129 Å². The van der Waals surface area contributed by atoms with Crippen LogP contribution in [0.1, 0.15) is 23.3 Å². The Morgan fingerprint density at radius 2 is 2.17 bits per heavy atom. The fourth-order valence-electron chi connectivity index (χ4n) is 2.38. The molecule has 1 aliphatic heterocycles. The summed E-state index contributed by atoms with van der Waals surface area (Å²) in [7, 11) is 0. The van der Waals surface area contributed by atoms with Crippen LogP contribution in [0.3, 0.4) is 0 Å². The average Bonchev–Trinajstić information content (AvgIpc) is 2.52. The smallest absolute Gasteiger partial charge is 0.422 e. The number of likely N-dealkylation sites (tertiary alicyclic amines) is 1. The molecule has 4 nitrogen and oxygen atoms in total. The SMILES string of the molecule is O=C(c1ncccc1OCC(F)(F)F)N1CCCC(C(F)F)C1. The van der Waals surface area contributed by atoms with Gasteiger partial charge in [-0.1, -0.05) is 0 Å². The summed E-state index contributed by atoms with van der Waals surface area (Å²) in [5.74, 6) is -1.95. The number of ether oxygens (including phenoxy) is 1. The quantitative estimate of drug-likeness (QED) is 0.792. The second-order valence-corrected chi connectivity index (χ2v) is 5.24. The van der Waals surface area contributed by atoms with Gasteiger partial charge in [-0.05, 0) is 25.0 Å². The van der Waals surface area contributed by atoms with E-state index in [0.717, 1.165) is 0 Å². The standard InChI is InChI=1S/C14H15F5N2O2/c15-12(16)9-3-2-6-21(7-9)13(22)11-10(4-1-5-20-11)23-8-14(17,18)19/h1,4-5,9,12H,2-3,6-8H2. The van der Waals surface area contributed by atoms with Crippen LogP contribution >= 0.6 is 0 Å². The molecule has 0 N–H and O–H groups in total. The number of piperidine rings is 1. The zero-order valence-electron chi connectivity index (χ0n) is 12.0. The first-order valence-corrected chi connectivity index (χ1v) is 7.00. The Balaban J connectivity index is 2.12. The van der Waals surface area contributed by atoms with Gasteiger partial charge in [0, 0.05) is 25.2 Å². The maximum Gasteiger partial charge on any atom is 0.422 e. The van der Waals surface area contributed by atoms with Crippen LogP contribution in [0, 0.1) is 5.92 Å². The first-order chi connectivity index (χ1) is 10.8. The second-order valence-electron chi connectivity index (χ2n) is 5.24. The highest BCUT2D eigenvalue weighted by atomic mass is 19.4. The van der Waals surface area contributed by atoms with Gasteiger partial charge >= 0.3 is 6.18 Å². The molecule has 0 spiro atoms. The molecule has 1 atom stereocenters. The van der Waals surface area contributed by atoms with Gasteiger partial charge in [0.05, 0.1) is 0 Å². The summed E-state index contributed by atoms with van der Waals surface area (Å²) in [6, 6.07) is 2.53. The molecule has 0 radical (unpaired) electrons. The largest absolute Gasteiger partial charge is 0.482 e. The minimum Gasteiger partial charge on any atom is -0.482 e. The number of aromatic nitrogens is 1. The lowest BCUT2D eigenvalue weighted by Gasteiger charge is -2.32. The molecule has 1 unspecified atom stereocenters. The summed E-state index contributed by atoms with van der Waals surface area (Å²) in [4.78, 5) is 17.3. The van der Waals surface area contributed by atoms with Crippen molar-refractivity contribution in [1.29, 1.82) is 0 Å². The van der Waals surface area contributed by atoms with Crippen molar-refractivity contribution in [2.24, 2.45) is 5.92 Å². The molecule has 1 amide bonds. The lowest BCUT2D eigenvalue weighted by molar-refractivity contribution is -0.153. The molecule has 1 saturated heterocycles. The molecule has 9 heteroatoms. The van der Waals surface area contributed by atoms with Crippen molar-refractivity contribution in [3.63, 3.8) is 0 Å². The van der Waals surface area contributed by atoms with Crippen molar-refractivity contribution in [2.75, 3.05) is 19.7 Å². The van der Waals surface area contributed by atoms with Crippen LogP contribution < -0.4 is 4.74 Å². The van der Waals surface area contributed by atoms with Crippen LogP contribution in [-0.4, -0.2) is 48.1 Å². The Morgan fingerprint density at radius 1 is 1.43 bits per heavy atom. The Hall–Kier alpha value is -1.93. The Bertz CT molecular complexity index is 550. The van der Waals surface area contributed by atoms with Crippen LogP contribution in [-0.2, 0) is 0 Å². The molecule has 0 bridgehead atoms. The number of hydrogen-bond donors (Lipinski definition) is 0. The number of amides is 1. The van der Waals surface area contributed by atoms with Gasteiger partial charge in [-0.15, -0.1) is 0 Å². The van der Waals surface area contributed by atoms with Gasteiger partial charge in [0.15, 0.2) is 18.1 Å². The highest BCUT2D eigenvalue weighted by Gasteiger charge is 2.33. The third kappa shape index (κ3) is 4.77. The Morgan fingerprint density at radius 3 is 2.83 bits per heavy atom. The minimum atomic E-state index is -4.55. The number of alkyl halides is 5. The van der Waals surface area contributed by atoms with E-state index in [2.05, 4.69) is 9.72 Å². The van der Waals surface area contributed by atoms with E-state index < -0.39 is 31.0 Å². The topological polar surface area (TPSA) is 42.4 Å². The van der Waals surface area contributed by atoms with E-state index in [1.807, 2.05) is 0 Å². The average molecular weight is 338 g/mol. The van der Waals surface area contributed by atoms with Crippen molar-refractivity contribution in [3.8, 4) is 5.75 Å². The lowest BCUT2D eigenvalue weighted by Crippen LogP contribution is -2.42. The number of rotatable bonds is 4. The third-order valence-corrected chi connectivity index (χ3v) is 3.47. The van der Waals surface area contributed by atoms with Gasteiger partial charge in [0.25, 0.3) is 5.91 Å². The zero-order chi connectivity index (χ0) is 17.0. The van der Waals surface area contributed by atoms with Crippen LogP contribution in [0.2, 0.25) is 0 Å². The Kier molecular flexibility index (Phi) is 5.38. The maximum atomic E-state index is 12.8. The molecule has 1 fully saturated rings. The van der Waals surface area contributed by atoms with Gasteiger partial charge in [-0.3, -0.25) is 4.79 Å². The van der Waals surface area contributed by atoms with E-state index in [4.69, 9.17) is 0 Å². The fraction of sp³-hybridized carbons (Fsp3) is 0.571. The van der Waals surface area contributed by atoms with E-state index in [1.54, 1.807) is 0 Å². The number of hydrogen-bond acceptors (Lipinski definition) is 3. The van der Waals surface area contributed by atoms with E-state index >= 15 is 0 Å². The van der Waals surface area contributed by atoms with E-state index in [0.29, 0.717) is 12.8 Å². The maximum absolute atomic E-state index is 12.8. The summed E-state index contributed by atoms with van der Waals surface area (Å²) in [5, 5.41) is 0. The molecular formula is C14H15F5N2O2. The predicted molar refractivity (Wildman–Crippen MR) is 70.4 cm³/mol. The van der Waals surface area contributed by atoms with Crippen molar-refractivity contribution < 1.29 is 31.5 Å². The fourth-order valence-corrected chi connectivity index (χ4v) is 2.38. The molecule has 2 rings (SSSR count). The number of carbonyl (C=O) groups is 1. The van der Waals surface area contributed by atoms with Crippen LogP contribution in [0.4, 0.5) is 22.0 Å². The van der Waals surface area contributed by atoms with Gasteiger partial charge in [-0.25, -0.2) is 13.8 Å². The molecule has 1 aromatic heterocycles. The normalized spacial score (nSPS) is 19.0. The van der Waals surface area contributed by atoms with Crippen molar-refractivity contribution in [1.82, 2.24) is 9.88 Å². The highest BCUT2D eigenvalue weighted by molar-refractivity contribution is 5.95. The minimum absolute atomic E-state index is 0.147. The van der Waals surface area contributed by atoms with Crippen molar-refractivity contribution in [2.45, 2.75) is 25.4 Å². The summed E-state index contributed by atoms with van der Waals surface area (Å²) >= 11 is 0. The van der Waals surface area contributed by atoms with Gasteiger partial charge < -0.3 is 9.64 Å². The molecule has 1 aromatic rings. The molecule has 2 heterocycles. The molecule has 23 heavy (non-hydrogen) atoms. The molecule has 128 valence electrons. The van der Waals surface area contributed by atoms with Gasteiger partial charge in [0.1, 0.15) is 0 Å². The second kappa shape index (κ2) is 7.10. The van der Waals surface area contributed by atoms with Crippen molar-refractivity contribution in [3.05, 3.63) is 24.0 Å². The first kappa shape index (κ1) is 17.4. The summed E-state index contributed by atoms with van der Waals surface area (Å²) in [6.45, 7) is -1.44. The van der Waals surface area contributed by atoms with Crippen LogP contribution in [0.25, 0.3) is 0 Å². The number of pyridine rings is 1. The number of halogens is 5. The van der Waals surface area contributed by atoms with E-state index in [1.165, 1.54) is 23.2 Å². The molecule has 0 aromatic carbocycles. The van der Waals surface area contributed by atoms with Crippen LogP contribution in [0.15, 0.2) is 18.3 Å². The zero-order valence-corrected chi connectivity index (χ0v) is 12.0. The lowest BCUT2D eigenvalue weighted by atomic mass is 9.98. The third-order valence-electron chi connectivity index (χ3n) is 3.47. The van der Waals surface area contributed by atoms with E-state index in [-0.39, 0.29) is 24.5 Å². The molecular weight excluding hydrogens is 323 g/mol. The van der Waals surface area contributed by atoms with Gasteiger partial charge in [0.2, 0.25) is 6.43 Å². The summed E-state index contributed by atoms with van der Waals surface area (Å²) in [5.41, 5.74) is -0.299. The predicted octanol–water partition coefficient (Wildman–Crippen LogP) is 3.14. The summed E-state index contributed by atoms with van der Waals surface area (Å²) < 4.78 is 66.9. The monoisotopic (exact) mass is 338 g/mol.